The standard InChI is InChI=1S/C17H9NO/c1-2-4-12-11(3-1)9-14-13-6-5-10-7-8-19-17(10)16(13)18-15(12)14/h1-9H. The lowest BCUT2D eigenvalue weighted by atomic mass is 10.0. The molecule has 2 heteroatoms. The number of benzene rings is 2. The Bertz CT molecular complexity index is 912. The first-order valence-corrected chi connectivity index (χ1v) is 6.32. The molecule has 2 aromatic carbocycles. The third kappa shape index (κ3) is 1.04. The van der Waals surface area contributed by atoms with Crippen molar-refractivity contribution in [1.82, 2.24) is 0 Å². The Morgan fingerprint density at radius 3 is 2.84 bits per heavy atom. The monoisotopic (exact) mass is 243 g/mol. The lowest BCUT2D eigenvalue weighted by molar-refractivity contribution is 0.616. The highest BCUT2D eigenvalue weighted by atomic mass is 16.3. The van der Waals surface area contributed by atoms with Crippen molar-refractivity contribution in [2.45, 2.75) is 0 Å². The Morgan fingerprint density at radius 1 is 0.895 bits per heavy atom. The first-order chi connectivity index (χ1) is 9.42. The summed E-state index contributed by atoms with van der Waals surface area (Å²) in [4.78, 5) is 4.81. The molecular weight excluding hydrogens is 234 g/mol. The predicted molar refractivity (Wildman–Crippen MR) is 76.7 cm³/mol. The van der Waals surface area contributed by atoms with E-state index in [1.54, 1.807) is 6.26 Å². The van der Waals surface area contributed by atoms with Gasteiger partial charge in [0, 0.05) is 22.1 Å². The molecule has 1 aliphatic heterocycles. The van der Waals surface area contributed by atoms with Gasteiger partial charge in [0.25, 0.3) is 0 Å². The third-order valence-electron chi connectivity index (χ3n) is 3.88. The summed E-state index contributed by atoms with van der Waals surface area (Å²) < 4.78 is 5.58. The Morgan fingerprint density at radius 2 is 1.84 bits per heavy atom. The molecule has 2 aliphatic rings. The molecular formula is C17H9NO. The van der Waals surface area contributed by atoms with Gasteiger partial charge in [-0.05, 0) is 17.7 Å². The van der Waals surface area contributed by atoms with E-state index in [2.05, 4.69) is 42.5 Å². The fourth-order valence-corrected chi connectivity index (χ4v) is 2.99. The van der Waals surface area contributed by atoms with Crippen LogP contribution in [0.25, 0.3) is 22.6 Å². The number of hydrogen-bond donors (Lipinski definition) is 0. The van der Waals surface area contributed by atoms with Crippen LogP contribution in [0.15, 0.2) is 58.1 Å². The second kappa shape index (κ2) is 3.04. The summed E-state index contributed by atoms with van der Waals surface area (Å²) in [6, 6.07) is 14.6. The van der Waals surface area contributed by atoms with Crippen LogP contribution < -0.4 is 0 Å². The molecule has 1 aliphatic carbocycles. The smallest absolute Gasteiger partial charge is 0.160 e. The van der Waals surface area contributed by atoms with E-state index < -0.39 is 0 Å². The lowest BCUT2D eigenvalue weighted by Gasteiger charge is -1.98. The van der Waals surface area contributed by atoms with Gasteiger partial charge in [0.2, 0.25) is 0 Å². The zero-order valence-electron chi connectivity index (χ0n) is 10.1. The lowest BCUT2D eigenvalue weighted by Crippen LogP contribution is -1.94. The van der Waals surface area contributed by atoms with Gasteiger partial charge in [-0.2, -0.15) is 0 Å². The summed E-state index contributed by atoms with van der Waals surface area (Å²) in [5, 5.41) is 1.11. The van der Waals surface area contributed by atoms with Crippen molar-refractivity contribution in [2.24, 2.45) is 4.99 Å². The minimum absolute atomic E-state index is 0.887. The average Bonchev–Trinajstić information content (AvgIpc) is 3.10. The molecule has 2 nitrogen and oxygen atoms in total. The van der Waals surface area contributed by atoms with Gasteiger partial charge in [0.05, 0.1) is 12.0 Å². The summed E-state index contributed by atoms with van der Waals surface area (Å²) in [5.74, 6) is 0. The SMILES string of the molecule is C1=C2C(=Nc3c2ccc2ccoc32)c2ccccc21. The fourth-order valence-electron chi connectivity index (χ4n) is 2.99. The molecule has 19 heavy (non-hydrogen) atoms. The first-order valence-electron chi connectivity index (χ1n) is 6.32. The molecule has 0 saturated carbocycles. The Hall–Kier alpha value is -2.61. The first kappa shape index (κ1) is 9.34. The zero-order valence-corrected chi connectivity index (χ0v) is 10.1. The maximum absolute atomic E-state index is 5.58. The molecule has 0 bridgehead atoms. The van der Waals surface area contributed by atoms with E-state index in [-0.39, 0.29) is 0 Å². The largest absolute Gasteiger partial charge is 0.462 e. The number of hydrogen-bond acceptors (Lipinski definition) is 2. The molecule has 5 rings (SSSR count). The summed E-state index contributed by atoms with van der Waals surface area (Å²) in [5.41, 5.74) is 7.79. The summed E-state index contributed by atoms with van der Waals surface area (Å²) >= 11 is 0. The van der Waals surface area contributed by atoms with Crippen molar-refractivity contribution in [3.63, 3.8) is 0 Å². The second-order valence-corrected chi connectivity index (χ2v) is 4.91. The number of rotatable bonds is 0. The average molecular weight is 243 g/mol. The van der Waals surface area contributed by atoms with Crippen LogP contribution in [0.5, 0.6) is 0 Å². The summed E-state index contributed by atoms with van der Waals surface area (Å²) in [6.07, 6.45) is 3.94. The fraction of sp³-hybridized carbons (Fsp3) is 0. The minimum atomic E-state index is 0.887. The molecule has 0 radical (unpaired) electrons. The maximum Gasteiger partial charge on any atom is 0.160 e. The highest BCUT2D eigenvalue weighted by molar-refractivity contribution is 6.43. The Balaban J connectivity index is 1.88. The van der Waals surface area contributed by atoms with E-state index >= 15 is 0 Å². The van der Waals surface area contributed by atoms with E-state index in [9.17, 15) is 0 Å². The van der Waals surface area contributed by atoms with Crippen LogP contribution in [0.2, 0.25) is 0 Å². The topological polar surface area (TPSA) is 25.5 Å². The summed E-state index contributed by atoms with van der Waals surface area (Å²) in [6.45, 7) is 0. The normalized spacial score (nSPS) is 14.9. The predicted octanol–water partition coefficient (Wildman–Crippen LogP) is 4.42. The molecule has 0 atom stereocenters. The number of furan rings is 1. The Kier molecular flexibility index (Phi) is 1.49. The van der Waals surface area contributed by atoms with Crippen LogP contribution in [-0.2, 0) is 0 Å². The maximum atomic E-state index is 5.58. The molecule has 1 aromatic heterocycles. The highest BCUT2D eigenvalue weighted by Gasteiger charge is 2.29. The van der Waals surface area contributed by atoms with Gasteiger partial charge in [0.15, 0.2) is 5.58 Å². The quantitative estimate of drug-likeness (QED) is 0.573. The van der Waals surface area contributed by atoms with Gasteiger partial charge >= 0.3 is 0 Å². The van der Waals surface area contributed by atoms with E-state index in [1.165, 1.54) is 22.3 Å². The van der Waals surface area contributed by atoms with Crippen LogP contribution in [0, 0.1) is 0 Å². The van der Waals surface area contributed by atoms with Crippen LogP contribution in [0.3, 0.4) is 0 Å². The molecule has 0 saturated heterocycles. The van der Waals surface area contributed by atoms with Crippen molar-refractivity contribution in [3.05, 3.63) is 65.4 Å². The summed E-state index contributed by atoms with van der Waals surface area (Å²) in [7, 11) is 0. The van der Waals surface area contributed by atoms with Gasteiger partial charge in [-0.25, -0.2) is 4.99 Å². The van der Waals surface area contributed by atoms with Gasteiger partial charge in [-0.1, -0.05) is 36.4 Å². The van der Waals surface area contributed by atoms with Crippen molar-refractivity contribution >= 4 is 34.0 Å². The number of nitrogens with zero attached hydrogens (tertiary/aromatic N) is 1. The van der Waals surface area contributed by atoms with E-state index in [0.717, 1.165) is 22.4 Å². The van der Waals surface area contributed by atoms with Crippen molar-refractivity contribution in [1.29, 1.82) is 0 Å². The molecule has 0 unspecified atom stereocenters. The van der Waals surface area contributed by atoms with Crippen LogP contribution in [0.4, 0.5) is 5.69 Å². The molecule has 2 heterocycles. The van der Waals surface area contributed by atoms with Crippen molar-refractivity contribution in [3.8, 4) is 0 Å². The molecule has 0 spiro atoms. The molecule has 0 amide bonds. The molecule has 88 valence electrons. The van der Waals surface area contributed by atoms with E-state index in [0.29, 0.717) is 0 Å². The third-order valence-corrected chi connectivity index (χ3v) is 3.88. The zero-order chi connectivity index (χ0) is 12.4. The number of fused-ring (bicyclic) bond motifs is 7. The van der Waals surface area contributed by atoms with Crippen LogP contribution in [-0.4, -0.2) is 5.71 Å². The van der Waals surface area contributed by atoms with Gasteiger partial charge in [-0.15, -0.1) is 0 Å². The van der Waals surface area contributed by atoms with Crippen LogP contribution >= 0.6 is 0 Å². The minimum Gasteiger partial charge on any atom is -0.462 e. The van der Waals surface area contributed by atoms with Crippen molar-refractivity contribution in [2.75, 3.05) is 0 Å². The molecule has 0 fully saturated rings. The van der Waals surface area contributed by atoms with Gasteiger partial charge in [-0.3, -0.25) is 0 Å². The van der Waals surface area contributed by atoms with Crippen LogP contribution in [0.1, 0.15) is 16.7 Å². The van der Waals surface area contributed by atoms with Crippen molar-refractivity contribution < 1.29 is 4.42 Å². The highest BCUT2D eigenvalue weighted by Crippen LogP contribution is 2.46. The van der Waals surface area contributed by atoms with Gasteiger partial charge in [0.1, 0.15) is 5.69 Å². The van der Waals surface area contributed by atoms with E-state index in [4.69, 9.17) is 9.41 Å². The molecule has 3 aromatic rings. The van der Waals surface area contributed by atoms with E-state index in [1.807, 2.05) is 6.07 Å². The molecule has 0 N–H and O–H groups in total. The second-order valence-electron chi connectivity index (χ2n) is 4.91. The Labute approximate surface area is 109 Å². The van der Waals surface area contributed by atoms with Gasteiger partial charge < -0.3 is 4.42 Å². The number of allylic oxidation sites excluding steroid dienone is 1. The number of aliphatic imine (C=N–C) groups is 1.